The van der Waals surface area contributed by atoms with Crippen molar-refractivity contribution >= 4 is 22.8 Å². The van der Waals surface area contributed by atoms with Crippen molar-refractivity contribution in [3.63, 3.8) is 0 Å². The quantitative estimate of drug-likeness (QED) is 0.798. The summed E-state index contributed by atoms with van der Waals surface area (Å²) in [6.45, 7) is 7.94. The molecule has 2 aliphatic heterocycles. The van der Waals surface area contributed by atoms with E-state index < -0.39 is 0 Å². The van der Waals surface area contributed by atoms with E-state index in [2.05, 4.69) is 30.0 Å². The van der Waals surface area contributed by atoms with Gasteiger partial charge in [-0.05, 0) is 24.6 Å². The fourth-order valence-electron chi connectivity index (χ4n) is 3.58. The number of rotatable bonds is 1. The number of hydrogen-bond acceptors (Lipinski definition) is 4. The van der Waals surface area contributed by atoms with E-state index >= 15 is 0 Å². The Balaban J connectivity index is 1.44. The third-order valence-electron chi connectivity index (χ3n) is 5.07. The average molecular weight is 340 g/mol. The van der Waals surface area contributed by atoms with Crippen LogP contribution >= 0.6 is 0 Å². The van der Waals surface area contributed by atoms with Crippen molar-refractivity contribution in [2.75, 3.05) is 57.4 Å². The van der Waals surface area contributed by atoms with Crippen molar-refractivity contribution in [3.8, 4) is 0 Å². The van der Waals surface area contributed by atoms with E-state index in [-0.39, 0.29) is 6.03 Å². The Kier molecular flexibility index (Phi) is 4.44. The predicted octanol–water partition coefficient (Wildman–Crippen LogP) is 2.12. The third-order valence-corrected chi connectivity index (χ3v) is 5.07. The number of hydrogen-bond donors (Lipinski definition) is 0. The molecular formula is C19H24N4O2. The van der Waals surface area contributed by atoms with Gasteiger partial charge in [0, 0.05) is 44.7 Å². The highest BCUT2D eigenvalue weighted by Crippen LogP contribution is 2.23. The van der Waals surface area contributed by atoms with Gasteiger partial charge in [0.2, 0.25) is 0 Å². The molecule has 0 atom stereocenters. The molecule has 0 bridgehead atoms. The van der Waals surface area contributed by atoms with Crippen LogP contribution in [0.1, 0.15) is 5.56 Å². The summed E-state index contributed by atoms with van der Waals surface area (Å²) in [6, 6.07) is 10.5. The van der Waals surface area contributed by atoms with Gasteiger partial charge < -0.3 is 19.4 Å². The maximum absolute atomic E-state index is 12.6. The molecule has 25 heavy (non-hydrogen) atoms. The van der Waals surface area contributed by atoms with Crippen LogP contribution in [0.25, 0.3) is 10.9 Å². The zero-order valence-electron chi connectivity index (χ0n) is 14.6. The number of para-hydroxylation sites is 1. The smallest absolute Gasteiger partial charge is 0.320 e. The molecule has 0 aliphatic carbocycles. The second kappa shape index (κ2) is 6.88. The predicted molar refractivity (Wildman–Crippen MR) is 98.1 cm³/mol. The van der Waals surface area contributed by atoms with E-state index in [0.717, 1.165) is 37.5 Å². The molecular weight excluding hydrogens is 316 g/mol. The molecule has 3 heterocycles. The topological polar surface area (TPSA) is 48.9 Å². The van der Waals surface area contributed by atoms with Crippen LogP contribution in [0.15, 0.2) is 30.3 Å². The molecule has 0 N–H and O–H groups in total. The van der Waals surface area contributed by atoms with Gasteiger partial charge >= 0.3 is 6.03 Å². The maximum Gasteiger partial charge on any atom is 0.320 e. The molecule has 2 aliphatic rings. The average Bonchev–Trinajstić information content (AvgIpc) is 2.68. The molecule has 4 rings (SSSR count). The van der Waals surface area contributed by atoms with E-state index in [0.29, 0.717) is 26.3 Å². The first-order valence-electron chi connectivity index (χ1n) is 8.95. The molecule has 1 aromatic carbocycles. The lowest BCUT2D eigenvalue weighted by atomic mass is 10.1. The first-order valence-corrected chi connectivity index (χ1v) is 8.95. The van der Waals surface area contributed by atoms with Crippen LogP contribution in [0.5, 0.6) is 0 Å². The zero-order chi connectivity index (χ0) is 17.2. The van der Waals surface area contributed by atoms with Crippen molar-refractivity contribution in [1.29, 1.82) is 0 Å². The summed E-state index contributed by atoms with van der Waals surface area (Å²) in [4.78, 5) is 23.5. The normalized spacial score (nSPS) is 18.7. The van der Waals surface area contributed by atoms with Gasteiger partial charge in [0.15, 0.2) is 0 Å². The summed E-state index contributed by atoms with van der Waals surface area (Å²) in [7, 11) is 0. The Morgan fingerprint density at radius 1 is 1.00 bits per heavy atom. The van der Waals surface area contributed by atoms with E-state index in [1.807, 2.05) is 21.9 Å². The second-order valence-corrected chi connectivity index (χ2v) is 6.67. The number of benzene rings is 1. The Labute approximate surface area is 148 Å². The first-order chi connectivity index (χ1) is 12.2. The fraction of sp³-hybridized carbons (Fsp3) is 0.474. The zero-order valence-corrected chi connectivity index (χ0v) is 14.6. The Hall–Kier alpha value is -2.34. The molecule has 2 saturated heterocycles. The number of ether oxygens (including phenoxy) is 1. The van der Waals surface area contributed by atoms with Crippen LogP contribution in [0.4, 0.5) is 10.6 Å². The number of morpholine rings is 1. The number of aryl methyl sites for hydroxylation is 1. The molecule has 0 spiro atoms. The Bertz CT molecular complexity index is 765. The molecule has 2 aromatic rings. The summed E-state index contributed by atoms with van der Waals surface area (Å²) in [5.41, 5.74) is 2.27. The number of carbonyl (C=O) groups excluding carboxylic acids is 1. The van der Waals surface area contributed by atoms with Gasteiger partial charge in [-0.3, -0.25) is 0 Å². The first kappa shape index (κ1) is 16.1. The van der Waals surface area contributed by atoms with Crippen molar-refractivity contribution in [3.05, 3.63) is 35.9 Å². The second-order valence-electron chi connectivity index (χ2n) is 6.67. The number of amides is 2. The van der Waals surface area contributed by atoms with Crippen molar-refractivity contribution in [2.24, 2.45) is 0 Å². The van der Waals surface area contributed by atoms with Crippen molar-refractivity contribution in [2.45, 2.75) is 6.92 Å². The van der Waals surface area contributed by atoms with Gasteiger partial charge in [-0.2, -0.15) is 0 Å². The number of fused-ring (bicyclic) bond motifs is 1. The van der Waals surface area contributed by atoms with Gasteiger partial charge in [0.25, 0.3) is 0 Å². The highest BCUT2D eigenvalue weighted by molar-refractivity contribution is 5.84. The van der Waals surface area contributed by atoms with Crippen LogP contribution in [-0.2, 0) is 4.74 Å². The van der Waals surface area contributed by atoms with Crippen molar-refractivity contribution in [1.82, 2.24) is 14.8 Å². The molecule has 2 fully saturated rings. The third kappa shape index (κ3) is 3.26. The monoisotopic (exact) mass is 340 g/mol. The number of anilines is 1. The lowest BCUT2D eigenvalue weighted by Gasteiger charge is -2.39. The van der Waals surface area contributed by atoms with Crippen LogP contribution in [0, 0.1) is 6.92 Å². The maximum atomic E-state index is 12.6. The number of urea groups is 1. The Morgan fingerprint density at radius 3 is 2.44 bits per heavy atom. The summed E-state index contributed by atoms with van der Waals surface area (Å²) in [5, 5.41) is 1.20. The molecule has 1 aromatic heterocycles. The van der Waals surface area contributed by atoms with Crippen LogP contribution in [0.3, 0.4) is 0 Å². The summed E-state index contributed by atoms with van der Waals surface area (Å²) in [5.74, 6) is 1.01. The standard InChI is InChI=1S/C19H24N4O2/c1-15-14-18(20-17-5-3-2-4-16(15)17)21-6-8-22(9-7-21)19(24)23-10-12-25-13-11-23/h2-5,14H,6-13H2,1H3. The van der Waals surface area contributed by atoms with E-state index in [9.17, 15) is 4.79 Å². The number of piperazine rings is 1. The van der Waals surface area contributed by atoms with Gasteiger partial charge in [-0.25, -0.2) is 9.78 Å². The highest BCUT2D eigenvalue weighted by atomic mass is 16.5. The molecule has 6 heteroatoms. The SMILES string of the molecule is Cc1cc(N2CCN(C(=O)N3CCOCC3)CC2)nc2ccccc12. The molecule has 0 saturated carbocycles. The number of nitrogens with zero attached hydrogens (tertiary/aromatic N) is 4. The molecule has 2 amide bonds. The molecule has 6 nitrogen and oxygen atoms in total. The van der Waals surface area contributed by atoms with Gasteiger partial charge in [0.05, 0.1) is 18.7 Å². The summed E-state index contributed by atoms with van der Waals surface area (Å²) >= 11 is 0. The number of aromatic nitrogens is 1. The highest BCUT2D eigenvalue weighted by Gasteiger charge is 2.26. The van der Waals surface area contributed by atoms with Gasteiger partial charge in [0.1, 0.15) is 5.82 Å². The number of carbonyl (C=O) groups is 1. The van der Waals surface area contributed by atoms with Crippen LogP contribution in [-0.4, -0.2) is 73.3 Å². The molecule has 0 radical (unpaired) electrons. The van der Waals surface area contributed by atoms with Gasteiger partial charge in [-0.1, -0.05) is 18.2 Å². The van der Waals surface area contributed by atoms with E-state index in [1.54, 1.807) is 0 Å². The minimum atomic E-state index is 0.144. The minimum Gasteiger partial charge on any atom is -0.378 e. The van der Waals surface area contributed by atoms with Gasteiger partial charge in [-0.15, -0.1) is 0 Å². The molecule has 0 unspecified atom stereocenters. The summed E-state index contributed by atoms with van der Waals surface area (Å²) < 4.78 is 5.33. The van der Waals surface area contributed by atoms with Crippen molar-refractivity contribution < 1.29 is 9.53 Å². The van der Waals surface area contributed by atoms with Crippen LogP contribution < -0.4 is 4.90 Å². The number of pyridine rings is 1. The van der Waals surface area contributed by atoms with E-state index in [1.165, 1.54) is 10.9 Å². The summed E-state index contributed by atoms with van der Waals surface area (Å²) in [6.07, 6.45) is 0. The largest absolute Gasteiger partial charge is 0.378 e. The molecule has 132 valence electrons. The van der Waals surface area contributed by atoms with E-state index in [4.69, 9.17) is 9.72 Å². The fourth-order valence-corrected chi connectivity index (χ4v) is 3.58. The minimum absolute atomic E-state index is 0.144. The Morgan fingerprint density at radius 2 is 1.68 bits per heavy atom. The lowest BCUT2D eigenvalue weighted by Crippen LogP contribution is -2.55. The van der Waals surface area contributed by atoms with Crippen LogP contribution in [0.2, 0.25) is 0 Å². The lowest BCUT2D eigenvalue weighted by molar-refractivity contribution is 0.0428.